The average Bonchev–Trinajstić information content (AvgIpc) is 2.90. The summed E-state index contributed by atoms with van der Waals surface area (Å²) in [6, 6.07) is 27.8. The van der Waals surface area contributed by atoms with Crippen LogP contribution in [0.4, 0.5) is 5.69 Å². The molecular weight excluding hydrogens is 414 g/mol. The third kappa shape index (κ3) is 6.59. The molecule has 2 amide bonds. The molecule has 0 aliphatic rings. The number of nitrogens with one attached hydrogen (secondary N) is 2. The number of aromatic nitrogens is 1. The monoisotopic (exact) mass is 439 g/mol. The van der Waals surface area contributed by atoms with Crippen LogP contribution < -0.4 is 10.6 Å². The molecule has 0 aliphatic carbocycles. The van der Waals surface area contributed by atoms with Crippen LogP contribution in [0.25, 0.3) is 11.1 Å². The summed E-state index contributed by atoms with van der Waals surface area (Å²) < 4.78 is 0. The predicted molar refractivity (Wildman–Crippen MR) is 130 cm³/mol. The van der Waals surface area contributed by atoms with Crippen LogP contribution in [0.5, 0.6) is 0 Å². The number of aliphatic hydroxyl groups excluding tert-OH is 1. The molecule has 1 heterocycles. The van der Waals surface area contributed by atoms with E-state index in [9.17, 15) is 9.59 Å². The van der Waals surface area contributed by atoms with Crippen molar-refractivity contribution in [2.24, 2.45) is 0 Å². The topological polar surface area (TPSA) is 91.3 Å². The van der Waals surface area contributed by atoms with E-state index in [-0.39, 0.29) is 11.8 Å². The first-order valence-electron chi connectivity index (χ1n) is 10.4. The van der Waals surface area contributed by atoms with Crippen molar-refractivity contribution in [3.63, 3.8) is 0 Å². The van der Waals surface area contributed by atoms with Crippen molar-refractivity contribution < 1.29 is 14.7 Å². The molecule has 0 aliphatic heterocycles. The molecule has 1 aromatic heterocycles. The first-order chi connectivity index (χ1) is 16.2. The molecule has 0 saturated heterocycles. The molecule has 0 spiro atoms. The number of amides is 2. The molecule has 6 heteroatoms. The van der Waals surface area contributed by atoms with Gasteiger partial charge in [0, 0.05) is 42.9 Å². The number of nitrogens with zero attached hydrogens (tertiary/aromatic N) is 1. The lowest BCUT2D eigenvalue weighted by molar-refractivity contribution is 0.0950. The Morgan fingerprint density at radius 3 is 2.09 bits per heavy atom. The molecule has 0 atom stereocenters. The number of pyridine rings is 1. The molecule has 0 bridgehead atoms. The average molecular weight is 440 g/mol. The van der Waals surface area contributed by atoms with Crippen LogP contribution in [0.3, 0.4) is 0 Å². The summed E-state index contributed by atoms with van der Waals surface area (Å²) in [5.41, 5.74) is 4.78. The van der Waals surface area contributed by atoms with Gasteiger partial charge in [-0.3, -0.25) is 14.6 Å². The van der Waals surface area contributed by atoms with Gasteiger partial charge in [-0.15, -0.1) is 0 Å². The van der Waals surface area contributed by atoms with Crippen LogP contribution in [0, 0.1) is 0 Å². The minimum Gasteiger partial charge on any atom is -0.400 e. The molecule has 6 nitrogen and oxygen atoms in total. The summed E-state index contributed by atoms with van der Waals surface area (Å²) in [4.78, 5) is 29.0. The van der Waals surface area contributed by atoms with E-state index < -0.39 is 0 Å². The Balaban J connectivity index is 0.00000149. The van der Waals surface area contributed by atoms with Gasteiger partial charge >= 0.3 is 0 Å². The molecule has 3 aromatic carbocycles. The second-order valence-corrected chi connectivity index (χ2v) is 7.02. The molecule has 0 fully saturated rings. The van der Waals surface area contributed by atoms with Gasteiger partial charge in [0.15, 0.2) is 0 Å². The maximum Gasteiger partial charge on any atom is 0.255 e. The van der Waals surface area contributed by atoms with E-state index in [0.717, 1.165) is 29.5 Å². The van der Waals surface area contributed by atoms with Crippen molar-refractivity contribution in [2.75, 3.05) is 12.4 Å². The Bertz CT molecular complexity index is 1180. The summed E-state index contributed by atoms with van der Waals surface area (Å²) in [7, 11) is 1.00. The van der Waals surface area contributed by atoms with E-state index in [1.165, 1.54) is 0 Å². The molecule has 0 unspecified atom stereocenters. The van der Waals surface area contributed by atoms with Gasteiger partial charge in [0.25, 0.3) is 11.8 Å². The van der Waals surface area contributed by atoms with Crippen molar-refractivity contribution in [3.05, 3.63) is 120 Å². The third-order valence-electron chi connectivity index (χ3n) is 4.83. The number of carbonyl (C=O) groups excluding carboxylic acids is 2. The lowest BCUT2D eigenvalue weighted by Crippen LogP contribution is -2.23. The Morgan fingerprint density at radius 1 is 0.727 bits per heavy atom. The van der Waals surface area contributed by atoms with Crippen molar-refractivity contribution in [2.45, 2.75) is 6.54 Å². The van der Waals surface area contributed by atoms with E-state index in [1.54, 1.807) is 36.7 Å². The van der Waals surface area contributed by atoms with Crippen molar-refractivity contribution in [1.82, 2.24) is 10.3 Å². The van der Waals surface area contributed by atoms with Gasteiger partial charge in [-0.2, -0.15) is 0 Å². The van der Waals surface area contributed by atoms with E-state index in [2.05, 4.69) is 15.6 Å². The zero-order valence-electron chi connectivity index (χ0n) is 18.2. The van der Waals surface area contributed by atoms with Gasteiger partial charge in [-0.25, -0.2) is 0 Å². The zero-order chi connectivity index (χ0) is 23.5. The number of rotatable bonds is 6. The second kappa shape index (κ2) is 11.9. The maximum absolute atomic E-state index is 12.5. The van der Waals surface area contributed by atoms with Gasteiger partial charge < -0.3 is 15.7 Å². The third-order valence-corrected chi connectivity index (χ3v) is 4.83. The highest BCUT2D eigenvalue weighted by Gasteiger charge is 2.09. The molecule has 4 aromatic rings. The Hall–Kier alpha value is -4.29. The highest BCUT2D eigenvalue weighted by atomic mass is 16.2. The normalized spacial score (nSPS) is 9.88. The molecule has 3 N–H and O–H groups in total. The molecule has 0 saturated carbocycles. The van der Waals surface area contributed by atoms with Crippen molar-refractivity contribution >= 4 is 17.5 Å². The van der Waals surface area contributed by atoms with Crippen LogP contribution in [0.2, 0.25) is 0 Å². The quantitative estimate of drug-likeness (QED) is 0.411. The fourth-order valence-electron chi connectivity index (χ4n) is 3.19. The fraction of sp³-hybridized carbons (Fsp3) is 0.0741. The van der Waals surface area contributed by atoms with E-state index in [0.29, 0.717) is 17.7 Å². The lowest BCUT2D eigenvalue weighted by atomic mass is 10.0. The smallest absolute Gasteiger partial charge is 0.255 e. The molecular formula is C27H25N3O3. The lowest BCUT2D eigenvalue weighted by Gasteiger charge is -2.09. The first-order valence-corrected chi connectivity index (χ1v) is 10.4. The summed E-state index contributed by atoms with van der Waals surface area (Å²) in [6.45, 7) is 0.331. The number of carbonyl (C=O) groups is 2. The van der Waals surface area contributed by atoms with Crippen LogP contribution in [-0.2, 0) is 6.54 Å². The van der Waals surface area contributed by atoms with E-state index in [1.807, 2.05) is 66.7 Å². The number of aliphatic hydroxyl groups is 1. The Morgan fingerprint density at radius 2 is 1.39 bits per heavy atom. The SMILES string of the molecule is CO.O=C(NCc1cccc(C(=O)Nc2ccccc2)c1)c1ccc(-c2ccncc2)cc1. The summed E-state index contributed by atoms with van der Waals surface area (Å²) >= 11 is 0. The van der Waals surface area contributed by atoms with Gasteiger partial charge in [0.05, 0.1) is 0 Å². The standard InChI is InChI=1S/C26H21N3O2.CH4O/c30-25(22-11-9-20(10-12-22)21-13-15-27-16-14-21)28-18-19-5-4-6-23(17-19)26(31)29-24-7-2-1-3-8-24;1-2/h1-17H,18H2,(H,28,30)(H,29,31);2H,1H3. The van der Waals surface area contributed by atoms with E-state index >= 15 is 0 Å². The van der Waals surface area contributed by atoms with Gasteiger partial charge in [-0.1, -0.05) is 42.5 Å². The van der Waals surface area contributed by atoms with Crippen LogP contribution in [0.15, 0.2) is 103 Å². The predicted octanol–water partition coefficient (Wildman–Crippen LogP) is 4.54. The number of anilines is 1. The zero-order valence-corrected chi connectivity index (χ0v) is 18.2. The molecule has 0 radical (unpaired) electrons. The van der Waals surface area contributed by atoms with Crippen molar-refractivity contribution in [3.8, 4) is 11.1 Å². The van der Waals surface area contributed by atoms with Gasteiger partial charge in [-0.05, 0) is 65.2 Å². The molecule has 4 rings (SSSR count). The first kappa shape index (κ1) is 23.4. The number of benzene rings is 3. The molecule has 166 valence electrons. The van der Waals surface area contributed by atoms with Crippen LogP contribution in [0.1, 0.15) is 26.3 Å². The van der Waals surface area contributed by atoms with E-state index in [4.69, 9.17) is 5.11 Å². The number of hydrogen-bond acceptors (Lipinski definition) is 4. The maximum atomic E-state index is 12.5. The second-order valence-electron chi connectivity index (χ2n) is 7.02. The largest absolute Gasteiger partial charge is 0.400 e. The number of hydrogen-bond donors (Lipinski definition) is 3. The molecule has 33 heavy (non-hydrogen) atoms. The van der Waals surface area contributed by atoms with Gasteiger partial charge in [0.1, 0.15) is 0 Å². The van der Waals surface area contributed by atoms with Crippen molar-refractivity contribution in [1.29, 1.82) is 0 Å². The van der Waals surface area contributed by atoms with Gasteiger partial charge in [0.2, 0.25) is 0 Å². The summed E-state index contributed by atoms with van der Waals surface area (Å²) in [5, 5.41) is 12.8. The summed E-state index contributed by atoms with van der Waals surface area (Å²) in [5.74, 6) is -0.355. The fourth-order valence-corrected chi connectivity index (χ4v) is 3.19. The Kier molecular flexibility index (Phi) is 8.45. The van der Waals surface area contributed by atoms with Crippen LogP contribution in [-0.4, -0.2) is 29.0 Å². The van der Waals surface area contributed by atoms with Crippen LogP contribution >= 0.6 is 0 Å². The minimum absolute atomic E-state index is 0.166. The Labute approximate surface area is 193 Å². The highest BCUT2D eigenvalue weighted by molar-refractivity contribution is 6.04. The number of para-hydroxylation sites is 1. The summed E-state index contributed by atoms with van der Waals surface area (Å²) in [6.07, 6.45) is 3.48. The highest BCUT2D eigenvalue weighted by Crippen LogP contribution is 2.18. The minimum atomic E-state index is -0.189.